The summed E-state index contributed by atoms with van der Waals surface area (Å²) in [5, 5.41) is 5.26. The van der Waals surface area contributed by atoms with Crippen LogP contribution in [0, 0.1) is 18.6 Å². The van der Waals surface area contributed by atoms with Crippen LogP contribution in [0.25, 0.3) is 0 Å². The molecule has 2 aromatic carbocycles. The summed E-state index contributed by atoms with van der Waals surface area (Å²) in [6.45, 7) is 1.97. The van der Waals surface area contributed by atoms with Gasteiger partial charge >= 0.3 is 0 Å². The number of amides is 1. The minimum absolute atomic E-state index is 0.115. The topological polar surface area (TPSA) is 51.2 Å². The third-order valence-electron chi connectivity index (χ3n) is 3.58. The zero-order chi connectivity index (χ0) is 18.5. The molecule has 0 spiro atoms. The standard InChI is InChI=1S/C19H16F2N2O2S/c1-12-8-14(21)4-7-17(12)23-18(24)9-15-11-26-19(22-15)10-25-16-5-2-13(20)3-6-16/h2-8,11H,9-10H2,1H3,(H,23,24). The number of carbonyl (C=O) groups is 1. The molecule has 7 heteroatoms. The molecule has 0 atom stereocenters. The largest absolute Gasteiger partial charge is 0.486 e. The number of nitrogens with zero attached hydrogens (tertiary/aromatic N) is 1. The van der Waals surface area contributed by atoms with Gasteiger partial charge in [-0.1, -0.05) is 0 Å². The van der Waals surface area contributed by atoms with E-state index in [1.807, 2.05) is 0 Å². The maximum Gasteiger partial charge on any atom is 0.230 e. The lowest BCUT2D eigenvalue weighted by Crippen LogP contribution is -2.15. The first-order chi connectivity index (χ1) is 12.5. The monoisotopic (exact) mass is 374 g/mol. The van der Waals surface area contributed by atoms with Crippen molar-refractivity contribution < 1.29 is 18.3 Å². The first-order valence-corrected chi connectivity index (χ1v) is 8.75. The number of carbonyl (C=O) groups excluding carboxylic acids is 1. The van der Waals surface area contributed by atoms with Crippen molar-refractivity contribution in [3.05, 3.63) is 75.7 Å². The molecule has 0 unspecified atom stereocenters. The highest BCUT2D eigenvalue weighted by Gasteiger charge is 2.10. The molecular formula is C19H16F2N2O2S. The van der Waals surface area contributed by atoms with E-state index in [0.717, 1.165) is 5.01 Å². The summed E-state index contributed by atoms with van der Waals surface area (Å²) in [7, 11) is 0. The molecule has 1 aromatic heterocycles. The van der Waals surface area contributed by atoms with Crippen LogP contribution in [0.5, 0.6) is 5.75 Å². The molecule has 1 amide bonds. The molecule has 0 aliphatic rings. The van der Waals surface area contributed by atoms with Gasteiger partial charge < -0.3 is 10.1 Å². The smallest absolute Gasteiger partial charge is 0.230 e. The normalized spacial score (nSPS) is 10.6. The first-order valence-electron chi connectivity index (χ1n) is 7.87. The van der Waals surface area contributed by atoms with E-state index >= 15 is 0 Å². The number of aryl methyl sites for hydroxylation is 1. The number of hydrogen-bond donors (Lipinski definition) is 1. The molecule has 3 rings (SSSR count). The predicted octanol–water partition coefficient (Wildman–Crippen LogP) is 4.49. The number of rotatable bonds is 6. The van der Waals surface area contributed by atoms with Crippen LogP contribution in [0.1, 0.15) is 16.3 Å². The van der Waals surface area contributed by atoms with Crippen LogP contribution < -0.4 is 10.1 Å². The molecule has 1 N–H and O–H groups in total. The van der Waals surface area contributed by atoms with Crippen LogP contribution in [-0.2, 0) is 17.8 Å². The number of nitrogens with one attached hydrogen (secondary N) is 1. The summed E-state index contributed by atoms with van der Waals surface area (Å²) in [5.74, 6) is -0.342. The van der Waals surface area contributed by atoms with Gasteiger partial charge in [-0.2, -0.15) is 0 Å². The highest BCUT2D eigenvalue weighted by Crippen LogP contribution is 2.18. The van der Waals surface area contributed by atoms with Gasteiger partial charge in [0, 0.05) is 11.1 Å². The van der Waals surface area contributed by atoms with Crippen molar-refractivity contribution in [1.29, 1.82) is 0 Å². The van der Waals surface area contributed by atoms with E-state index in [1.165, 1.54) is 41.7 Å². The molecule has 0 aliphatic heterocycles. The minimum atomic E-state index is -0.342. The van der Waals surface area contributed by atoms with Gasteiger partial charge in [0.1, 0.15) is 29.0 Å². The van der Waals surface area contributed by atoms with Crippen molar-refractivity contribution in [2.75, 3.05) is 5.32 Å². The fourth-order valence-electron chi connectivity index (χ4n) is 2.30. The molecule has 0 saturated carbocycles. The summed E-state index contributed by atoms with van der Waals surface area (Å²) < 4.78 is 31.5. The van der Waals surface area contributed by atoms with Gasteiger partial charge in [-0.25, -0.2) is 13.8 Å². The van der Waals surface area contributed by atoms with E-state index in [9.17, 15) is 13.6 Å². The summed E-state index contributed by atoms with van der Waals surface area (Å²) in [6, 6.07) is 9.94. The summed E-state index contributed by atoms with van der Waals surface area (Å²) in [6.07, 6.45) is 0.115. The number of ether oxygens (including phenoxy) is 1. The third kappa shape index (κ3) is 4.86. The van der Waals surface area contributed by atoms with Gasteiger partial charge in [0.25, 0.3) is 0 Å². The molecule has 134 valence electrons. The van der Waals surface area contributed by atoms with Gasteiger partial charge in [-0.15, -0.1) is 11.3 Å². The van der Waals surface area contributed by atoms with Gasteiger partial charge in [0.15, 0.2) is 0 Å². The van der Waals surface area contributed by atoms with Crippen LogP contribution in [0.15, 0.2) is 47.8 Å². The van der Waals surface area contributed by atoms with Gasteiger partial charge in [0.05, 0.1) is 12.1 Å². The minimum Gasteiger partial charge on any atom is -0.486 e. The van der Waals surface area contributed by atoms with Crippen LogP contribution in [-0.4, -0.2) is 10.9 Å². The maximum absolute atomic E-state index is 13.1. The SMILES string of the molecule is Cc1cc(F)ccc1NC(=O)Cc1csc(COc2ccc(F)cc2)n1. The number of benzene rings is 2. The molecule has 1 heterocycles. The first kappa shape index (κ1) is 18.0. The third-order valence-corrected chi connectivity index (χ3v) is 4.45. The van der Waals surface area contributed by atoms with Crippen LogP contribution >= 0.6 is 11.3 Å². The number of thiazole rings is 1. The molecule has 0 aliphatic carbocycles. The predicted molar refractivity (Wildman–Crippen MR) is 96.3 cm³/mol. The molecule has 0 radical (unpaired) electrons. The molecule has 0 bridgehead atoms. The molecule has 4 nitrogen and oxygen atoms in total. The summed E-state index contributed by atoms with van der Waals surface area (Å²) in [4.78, 5) is 16.5. The van der Waals surface area contributed by atoms with Crippen molar-refractivity contribution in [1.82, 2.24) is 4.98 Å². The molecular weight excluding hydrogens is 358 g/mol. The Bertz CT molecular complexity index is 910. The Morgan fingerprint density at radius 1 is 1.15 bits per heavy atom. The average Bonchev–Trinajstić information content (AvgIpc) is 3.04. The lowest BCUT2D eigenvalue weighted by Gasteiger charge is -2.07. The highest BCUT2D eigenvalue weighted by atomic mass is 32.1. The fourth-order valence-corrected chi connectivity index (χ4v) is 3.00. The van der Waals surface area contributed by atoms with Crippen LogP contribution in [0.3, 0.4) is 0 Å². The Kier molecular flexibility index (Phi) is 5.58. The Balaban J connectivity index is 1.54. The van der Waals surface area contributed by atoms with E-state index in [2.05, 4.69) is 10.3 Å². The Morgan fingerprint density at radius 2 is 1.88 bits per heavy atom. The van der Waals surface area contributed by atoms with E-state index in [0.29, 0.717) is 22.7 Å². The number of aromatic nitrogens is 1. The maximum atomic E-state index is 13.1. The van der Waals surface area contributed by atoms with E-state index in [-0.39, 0.29) is 30.6 Å². The Morgan fingerprint density at radius 3 is 2.62 bits per heavy atom. The van der Waals surface area contributed by atoms with Gasteiger partial charge in [-0.3, -0.25) is 4.79 Å². The molecule has 26 heavy (non-hydrogen) atoms. The van der Waals surface area contributed by atoms with E-state index in [4.69, 9.17) is 4.74 Å². The quantitative estimate of drug-likeness (QED) is 0.692. The summed E-state index contributed by atoms with van der Waals surface area (Å²) >= 11 is 1.39. The number of hydrogen-bond acceptors (Lipinski definition) is 4. The Hall–Kier alpha value is -2.80. The zero-order valence-corrected chi connectivity index (χ0v) is 14.8. The molecule has 0 saturated heterocycles. The zero-order valence-electron chi connectivity index (χ0n) is 14.0. The molecule has 0 fully saturated rings. The average molecular weight is 374 g/mol. The fraction of sp³-hybridized carbons (Fsp3) is 0.158. The highest BCUT2D eigenvalue weighted by molar-refractivity contribution is 7.09. The van der Waals surface area contributed by atoms with Crippen LogP contribution in [0.2, 0.25) is 0 Å². The Labute approximate surface area is 153 Å². The van der Waals surface area contributed by atoms with Crippen molar-refractivity contribution in [3.8, 4) is 5.75 Å². The van der Waals surface area contributed by atoms with Crippen LogP contribution in [0.4, 0.5) is 14.5 Å². The second-order valence-electron chi connectivity index (χ2n) is 5.66. The lowest BCUT2D eigenvalue weighted by molar-refractivity contribution is -0.115. The van der Waals surface area contributed by atoms with Crippen molar-refractivity contribution in [2.45, 2.75) is 20.0 Å². The van der Waals surface area contributed by atoms with Crippen molar-refractivity contribution in [3.63, 3.8) is 0 Å². The second kappa shape index (κ2) is 8.05. The van der Waals surface area contributed by atoms with E-state index in [1.54, 1.807) is 24.4 Å². The van der Waals surface area contributed by atoms with Crippen molar-refractivity contribution >= 4 is 22.9 Å². The summed E-state index contributed by atoms with van der Waals surface area (Å²) in [5.41, 5.74) is 1.86. The second-order valence-corrected chi connectivity index (χ2v) is 6.60. The van der Waals surface area contributed by atoms with Crippen molar-refractivity contribution in [2.24, 2.45) is 0 Å². The van der Waals surface area contributed by atoms with Gasteiger partial charge in [0.2, 0.25) is 5.91 Å². The lowest BCUT2D eigenvalue weighted by atomic mass is 10.2. The molecule has 3 aromatic rings. The number of halogens is 2. The van der Waals surface area contributed by atoms with Gasteiger partial charge in [-0.05, 0) is 55.0 Å². The number of anilines is 1. The van der Waals surface area contributed by atoms with E-state index < -0.39 is 0 Å².